The predicted octanol–water partition coefficient (Wildman–Crippen LogP) is 1.45. The molecule has 1 aromatic rings. The molecule has 0 radical (unpaired) electrons. The van der Waals surface area contributed by atoms with E-state index in [2.05, 4.69) is 34.0 Å². The van der Waals surface area contributed by atoms with Crippen LogP contribution in [0.2, 0.25) is 0 Å². The summed E-state index contributed by atoms with van der Waals surface area (Å²) >= 11 is 3.05. The van der Waals surface area contributed by atoms with Crippen molar-refractivity contribution in [3.8, 4) is 0 Å². The highest BCUT2D eigenvalue weighted by Crippen LogP contribution is 2.14. The van der Waals surface area contributed by atoms with Crippen molar-refractivity contribution in [3.05, 3.63) is 5.01 Å². The Morgan fingerprint density at radius 2 is 2.31 bits per heavy atom. The maximum atomic E-state index is 11.6. The molecule has 0 saturated carbocycles. The minimum atomic E-state index is -0.146. The zero-order valence-corrected chi connectivity index (χ0v) is 11.2. The highest BCUT2D eigenvalue weighted by atomic mass is 32.2. The van der Waals surface area contributed by atoms with Crippen molar-refractivity contribution >= 4 is 34.1 Å². The van der Waals surface area contributed by atoms with Gasteiger partial charge in [0, 0.05) is 18.8 Å². The Morgan fingerprint density at radius 1 is 1.56 bits per heavy atom. The Hall–Kier alpha value is -0.820. The van der Waals surface area contributed by atoms with Crippen molar-refractivity contribution < 1.29 is 4.79 Å². The summed E-state index contributed by atoms with van der Waals surface area (Å²) in [6.45, 7) is 2.82. The highest BCUT2D eigenvalue weighted by Gasteiger charge is 2.11. The van der Waals surface area contributed by atoms with Crippen molar-refractivity contribution in [2.75, 3.05) is 25.2 Å². The molecule has 0 fully saturated rings. The van der Waals surface area contributed by atoms with Crippen molar-refractivity contribution in [3.63, 3.8) is 0 Å². The van der Waals surface area contributed by atoms with Crippen LogP contribution in [0, 0.1) is 0 Å². The number of hydrogen-bond donors (Lipinski definition) is 2. The SMILES string of the molecule is CNc1nnc(C(=O)NCCC(C)SC)s1. The molecule has 1 amide bonds. The van der Waals surface area contributed by atoms with Gasteiger partial charge < -0.3 is 10.6 Å². The molecule has 0 aliphatic carbocycles. The standard InChI is InChI=1S/C9H16N4OS2/c1-6(15-3)4-5-11-7(14)8-12-13-9(10-2)16-8/h6H,4-5H2,1-3H3,(H,10,13)(H,11,14). The fourth-order valence-corrected chi connectivity index (χ4v) is 1.97. The Bertz CT molecular complexity index is 342. The van der Waals surface area contributed by atoms with E-state index >= 15 is 0 Å². The second kappa shape index (κ2) is 6.70. The van der Waals surface area contributed by atoms with Crippen LogP contribution in [0.3, 0.4) is 0 Å². The summed E-state index contributed by atoms with van der Waals surface area (Å²) in [5.74, 6) is -0.146. The van der Waals surface area contributed by atoms with Gasteiger partial charge in [-0.25, -0.2) is 0 Å². The van der Waals surface area contributed by atoms with E-state index in [4.69, 9.17) is 0 Å². The van der Waals surface area contributed by atoms with Gasteiger partial charge in [0.15, 0.2) is 0 Å². The van der Waals surface area contributed by atoms with Gasteiger partial charge in [0.25, 0.3) is 5.91 Å². The zero-order valence-electron chi connectivity index (χ0n) is 9.61. The van der Waals surface area contributed by atoms with Crippen LogP contribution in [0.15, 0.2) is 0 Å². The molecule has 0 bridgehead atoms. The first-order valence-corrected chi connectivity index (χ1v) is 7.10. The van der Waals surface area contributed by atoms with Crippen LogP contribution in [0.5, 0.6) is 0 Å². The summed E-state index contributed by atoms with van der Waals surface area (Å²) < 4.78 is 0. The summed E-state index contributed by atoms with van der Waals surface area (Å²) in [5.41, 5.74) is 0. The van der Waals surface area contributed by atoms with E-state index in [1.165, 1.54) is 11.3 Å². The number of rotatable bonds is 6. The molecule has 16 heavy (non-hydrogen) atoms. The molecule has 5 nitrogen and oxygen atoms in total. The Labute approximate surface area is 103 Å². The van der Waals surface area contributed by atoms with Gasteiger partial charge in [-0.1, -0.05) is 18.3 Å². The lowest BCUT2D eigenvalue weighted by atomic mass is 10.3. The molecule has 7 heteroatoms. The molecule has 0 saturated heterocycles. The lowest BCUT2D eigenvalue weighted by Crippen LogP contribution is -2.25. The van der Waals surface area contributed by atoms with Crippen LogP contribution < -0.4 is 10.6 Å². The van der Waals surface area contributed by atoms with Crippen LogP contribution in [0.1, 0.15) is 23.1 Å². The molecule has 1 aromatic heterocycles. The molecule has 1 heterocycles. The summed E-state index contributed by atoms with van der Waals surface area (Å²) in [5, 5.41) is 14.9. The second-order valence-electron chi connectivity index (χ2n) is 3.25. The maximum absolute atomic E-state index is 11.6. The molecule has 0 aliphatic rings. The van der Waals surface area contributed by atoms with Crippen LogP contribution in [0.4, 0.5) is 5.13 Å². The molecular weight excluding hydrogens is 244 g/mol. The monoisotopic (exact) mass is 260 g/mol. The maximum Gasteiger partial charge on any atom is 0.282 e. The molecule has 0 aromatic carbocycles. The first-order valence-electron chi connectivity index (χ1n) is 4.99. The third kappa shape index (κ3) is 3.97. The number of carbonyl (C=O) groups excluding carboxylic acids is 1. The summed E-state index contributed by atoms with van der Waals surface area (Å²) in [6, 6.07) is 0. The highest BCUT2D eigenvalue weighted by molar-refractivity contribution is 7.99. The number of thioether (sulfide) groups is 1. The third-order valence-electron chi connectivity index (χ3n) is 2.07. The average molecular weight is 260 g/mol. The van der Waals surface area contributed by atoms with Crippen molar-refractivity contribution in [2.45, 2.75) is 18.6 Å². The number of amides is 1. The van der Waals surface area contributed by atoms with Gasteiger partial charge in [0.05, 0.1) is 0 Å². The van der Waals surface area contributed by atoms with Crippen LogP contribution in [-0.2, 0) is 0 Å². The second-order valence-corrected chi connectivity index (χ2v) is 5.51. The average Bonchev–Trinajstić information content (AvgIpc) is 2.77. The summed E-state index contributed by atoms with van der Waals surface area (Å²) in [6.07, 6.45) is 3.03. The van der Waals surface area contributed by atoms with E-state index < -0.39 is 0 Å². The lowest BCUT2D eigenvalue weighted by molar-refractivity contribution is 0.0952. The van der Waals surface area contributed by atoms with Gasteiger partial charge in [-0.05, 0) is 12.7 Å². The fraction of sp³-hybridized carbons (Fsp3) is 0.667. The smallest absolute Gasteiger partial charge is 0.282 e. The number of nitrogens with one attached hydrogen (secondary N) is 2. The van der Waals surface area contributed by atoms with E-state index in [-0.39, 0.29) is 5.91 Å². The van der Waals surface area contributed by atoms with E-state index in [9.17, 15) is 4.79 Å². The first kappa shape index (κ1) is 13.2. The van der Waals surface area contributed by atoms with Crippen LogP contribution in [0.25, 0.3) is 0 Å². The minimum absolute atomic E-state index is 0.146. The summed E-state index contributed by atoms with van der Waals surface area (Å²) in [7, 11) is 1.75. The number of carbonyl (C=O) groups is 1. The normalized spacial score (nSPS) is 12.2. The van der Waals surface area contributed by atoms with Gasteiger partial charge >= 0.3 is 0 Å². The largest absolute Gasteiger partial charge is 0.363 e. The number of anilines is 1. The lowest BCUT2D eigenvalue weighted by Gasteiger charge is -2.07. The molecule has 2 N–H and O–H groups in total. The molecule has 90 valence electrons. The number of nitrogens with zero attached hydrogens (tertiary/aromatic N) is 2. The van der Waals surface area contributed by atoms with Gasteiger partial charge in [-0.3, -0.25) is 4.79 Å². The molecule has 0 spiro atoms. The van der Waals surface area contributed by atoms with E-state index in [0.29, 0.717) is 21.9 Å². The van der Waals surface area contributed by atoms with Crippen LogP contribution >= 0.6 is 23.1 Å². The fourth-order valence-electron chi connectivity index (χ4n) is 0.998. The van der Waals surface area contributed by atoms with Gasteiger partial charge in [0.2, 0.25) is 10.1 Å². The molecule has 1 unspecified atom stereocenters. The van der Waals surface area contributed by atoms with Crippen LogP contribution in [-0.4, -0.2) is 41.2 Å². The number of hydrogen-bond acceptors (Lipinski definition) is 6. The van der Waals surface area contributed by atoms with Crippen molar-refractivity contribution in [2.24, 2.45) is 0 Å². The van der Waals surface area contributed by atoms with Gasteiger partial charge in [0.1, 0.15) is 0 Å². The Morgan fingerprint density at radius 3 is 2.88 bits per heavy atom. The topological polar surface area (TPSA) is 66.9 Å². The predicted molar refractivity (Wildman–Crippen MR) is 69.4 cm³/mol. The van der Waals surface area contributed by atoms with Crippen molar-refractivity contribution in [1.82, 2.24) is 15.5 Å². The number of aromatic nitrogens is 2. The van der Waals surface area contributed by atoms with E-state index in [0.717, 1.165) is 6.42 Å². The first-order chi connectivity index (χ1) is 7.67. The van der Waals surface area contributed by atoms with Gasteiger partial charge in [-0.2, -0.15) is 11.8 Å². The molecule has 0 aliphatic heterocycles. The zero-order chi connectivity index (χ0) is 12.0. The molecule has 1 rings (SSSR count). The van der Waals surface area contributed by atoms with Gasteiger partial charge in [-0.15, -0.1) is 10.2 Å². The Balaban J connectivity index is 2.35. The molecule has 1 atom stereocenters. The van der Waals surface area contributed by atoms with E-state index in [1.54, 1.807) is 18.8 Å². The Kier molecular flexibility index (Phi) is 5.54. The summed E-state index contributed by atoms with van der Waals surface area (Å²) in [4.78, 5) is 11.6. The van der Waals surface area contributed by atoms with E-state index in [1.807, 2.05) is 0 Å². The third-order valence-corrected chi connectivity index (χ3v) is 4.05. The van der Waals surface area contributed by atoms with Crippen molar-refractivity contribution in [1.29, 1.82) is 0 Å². The minimum Gasteiger partial charge on any atom is -0.363 e. The quantitative estimate of drug-likeness (QED) is 0.810. The molecular formula is C9H16N4OS2.